The molecule has 7 rings (SSSR count). The minimum atomic E-state index is -0.958. The van der Waals surface area contributed by atoms with Crippen LogP contribution >= 0.6 is 22.9 Å². The minimum absolute atomic E-state index is 0.240. The summed E-state index contributed by atoms with van der Waals surface area (Å²) >= 11 is 8.13. The minimum Gasteiger partial charge on any atom is -0.481 e. The lowest BCUT2D eigenvalue weighted by Gasteiger charge is -2.17. The molecule has 2 unspecified atom stereocenters. The molecule has 0 amide bonds. The van der Waals surface area contributed by atoms with Gasteiger partial charge in [0.15, 0.2) is 11.9 Å². The van der Waals surface area contributed by atoms with Gasteiger partial charge in [-0.25, -0.2) is 0 Å². The van der Waals surface area contributed by atoms with Crippen molar-refractivity contribution in [3.63, 3.8) is 0 Å². The molecule has 2 atom stereocenters. The largest absolute Gasteiger partial charge is 0.481 e. The quantitative estimate of drug-likeness (QED) is 0.431. The van der Waals surface area contributed by atoms with Crippen molar-refractivity contribution < 1.29 is 19.1 Å². The number of aromatic nitrogens is 2. The van der Waals surface area contributed by atoms with E-state index in [1.165, 1.54) is 0 Å². The van der Waals surface area contributed by atoms with Gasteiger partial charge in [-0.1, -0.05) is 16.8 Å². The molecule has 3 aromatic heterocycles. The van der Waals surface area contributed by atoms with Crippen molar-refractivity contribution >= 4 is 33.2 Å². The average Bonchev–Trinajstić information content (AvgIpc) is 3.62. The molecule has 0 aliphatic carbocycles. The third-order valence-corrected chi connectivity index (χ3v) is 8.56. The van der Waals surface area contributed by atoms with Crippen LogP contribution in [0.15, 0.2) is 35.0 Å². The molecule has 34 heavy (non-hydrogen) atoms. The fraction of sp³-hybridized carbons (Fsp3) is 0.360. The molecule has 0 spiro atoms. The SMILES string of the molecule is OC1(c2cc3nccc(-c4cc(Cl)cc5c4OC(c4onc6c4CNCC6)C5)c3s2)CCOC1. The van der Waals surface area contributed by atoms with Crippen LogP contribution in [0.1, 0.15) is 40.0 Å². The Labute approximate surface area is 204 Å². The van der Waals surface area contributed by atoms with E-state index in [9.17, 15) is 5.11 Å². The zero-order valence-electron chi connectivity index (χ0n) is 18.3. The second-order valence-corrected chi connectivity index (χ2v) is 10.7. The number of fused-ring (bicyclic) bond motifs is 3. The predicted octanol–water partition coefficient (Wildman–Crippen LogP) is 4.53. The molecule has 0 saturated carbocycles. The molecule has 2 N–H and O–H groups in total. The maximum Gasteiger partial charge on any atom is 0.182 e. The number of pyridine rings is 1. The standard InChI is InChI=1S/C25H22ClN3O4S/c26-14-7-13-8-20(23-17-11-27-4-2-18(17)29-33-23)32-22(13)16(9-14)15-1-5-28-19-10-21(34-24(15)19)25(30)3-6-31-12-25/h1,5,7,9-10,20,27,30H,2-4,6,8,11-12H2. The number of nitrogens with one attached hydrogen (secondary N) is 1. The van der Waals surface area contributed by atoms with E-state index in [4.69, 9.17) is 25.6 Å². The van der Waals surface area contributed by atoms with Crippen LogP contribution < -0.4 is 10.1 Å². The van der Waals surface area contributed by atoms with Crippen LogP contribution in [0.2, 0.25) is 5.02 Å². The Bertz CT molecular complexity index is 1430. The van der Waals surface area contributed by atoms with E-state index in [0.717, 1.165) is 74.1 Å². The number of aliphatic hydroxyl groups is 1. The third-order valence-electron chi connectivity index (χ3n) is 6.99. The van der Waals surface area contributed by atoms with Crippen molar-refractivity contribution in [1.82, 2.24) is 15.5 Å². The van der Waals surface area contributed by atoms with E-state index >= 15 is 0 Å². The summed E-state index contributed by atoms with van der Waals surface area (Å²) in [6.45, 7) is 2.52. The summed E-state index contributed by atoms with van der Waals surface area (Å²) in [5.41, 5.74) is 4.97. The van der Waals surface area contributed by atoms with Gasteiger partial charge in [-0.15, -0.1) is 11.3 Å². The Balaban J connectivity index is 1.32. The number of hydrogen-bond acceptors (Lipinski definition) is 8. The van der Waals surface area contributed by atoms with E-state index in [1.54, 1.807) is 17.5 Å². The fourth-order valence-corrected chi connectivity index (χ4v) is 6.70. The first-order valence-electron chi connectivity index (χ1n) is 11.5. The van der Waals surface area contributed by atoms with E-state index in [0.29, 0.717) is 31.1 Å². The number of thiophene rings is 1. The average molecular weight is 496 g/mol. The van der Waals surface area contributed by atoms with Gasteiger partial charge in [0, 0.05) is 77.3 Å². The van der Waals surface area contributed by atoms with E-state index in [-0.39, 0.29) is 6.10 Å². The highest BCUT2D eigenvalue weighted by molar-refractivity contribution is 7.19. The zero-order valence-corrected chi connectivity index (χ0v) is 19.8. The van der Waals surface area contributed by atoms with Gasteiger partial charge in [-0.05, 0) is 24.3 Å². The van der Waals surface area contributed by atoms with Crippen molar-refractivity contribution in [3.8, 4) is 16.9 Å². The molecule has 1 saturated heterocycles. The van der Waals surface area contributed by atoms with Crippen LogP contribution in [-0.4, -0.2) is 35.0 Å². The number of nitrogens with zero attached hydrogens (tertiary/aromatic N) is 2. The van der Waals surface area contributed by atoms with Crippen molar-refractivity contribution in [2.45, 2.75) is 37.5 Å². The number of hydrogen-bond donors (Lipinski definition) is 2. The summed E-state index contributed by atoms with van der Waals surface area (Å²) in [5, 5.41) is 19.4. The first-order chi connectivity index (χ1) is 16.6. The van der Waals surface area contributed by atoms with Crippen molar-refractivity contribution in [2.75, 3.05) is 19.8 Å². The third kappa shape index (κ3) is 3.21. The lowest BCUT2D eigenvalue weighted by atomic mass is 9.99. The molecule has 4 aromatic rings. The van der Waals surface area contributed by atoms with Crippen molar-refractivity contribution in [2.24, 2.45) is 0 Å². The molecule has 174 valence electrons. The van der Waals surface area contributed by atoms with Crippen LogP contribution in [0, 0.1) is 0 Å². The van der Waals surface area contributed by atoms with Crippen LogP contribution in [0.25, 0.3) is 21.3 Å². The maximum absolute atomic E-state index is 11.1. The van der Waals surface area contributed by atoms with Gasteiger partial charge in [0.1, 0.15) is 11.4 Å². The van der Waals surface area contributed by atoms with Crippen LogP contribution in [0.4, 0.5) is 0 Å². The highest BCUT2D eigenvalue weighted by atomic mass is 35.5. The van der Waals surface area contributed by atoms with E-state index < -0.39 is 5.60 Å². The molecule has 0 bridgehead atoms. The zero-order chi connectivity index (χ0) is 22.9. The van der Waals surface area contributed by atoms with Gasteiger partial charge in [0.25, 0.3) is 0 Å². The fourth-order valence-electron chi connectivity index (χ4n) is 5.21. The van der Waals surface area contributed by atoms with Crippen LogP contribution in [-0.2, 0) is 29.7 Å². The monoisotopic (exact) mass is 495 g/mol. The summed E-state index contributed by atoms with van der Waals surface area (Å²) in [4.78, 5) is 5.44. The Morgan fingerprint density at radius 3 is 3.06 bits per heavy atom. The Morgan fingerprint density at radius 1 is 1.24 bits per heavy atom. The van der Waals surface area contributed by atoms with Crippen LogP contribution in [0.3, 0.4) is 0 Å². The van der Waals surface area contributed by atoms with Gasteiger partial charge < -0.3 is 24.4 Å². The first-order valence-corrected chi connectivity index (χ1v) is 12.7. The number of rotatable bonds is 3. The van der Waals surface area contributed by atoms with Crippen molar-refractivity contribution in [3.05, 3.63) is 62.9 Å². The topological polar surface area (TPSA) is 89.6 Å². The predicted molar refractivity (Wildman–Crippen MR) is 128 cm³/mol. The number of benzene rings is 1. The molecule has 9 heteroatoms. The summed E-state index contributed by atoms with van der Waals surface area (Å²) in [7, 11) is 0. The molecule has 3 aliphatic rings. The molecule has 3 aliphatic heterocycles. The van der Waals surface area contributed by atoms with Gasteiger partial charge in [0.2, 0.25) is 0 Å². The summed E-state index contributed by atoms with van der Waals surface area (Å²) in [5.74, 6) is 1.61. The highest BCUT2D eigenvalue weighted by Crippen LogP contribution is 2.49. The first kappa shape index (κ1) is 20.8. The molecular weight excluding hydrogens is 474 g/mol. The summed E-state index contributed by atoms with van der Waals surface area (Å²) in [6, 6.07) is 7.88. The second kappa shape index (κ2) is 7.76. The molecule has 6 heterocycles. The van der Waals surface area contributed by atoms with Gasteiger partial charge >= 0.3 is 0 Å². The molecule has 1 fully saturated rings. The highest BCUT2D eigenvalue weighted by Gasteiger charge is 2.37. The van der Waals surface area contributed by atoms with Crippen molar-refractivity contribution in [1.29, 1.82) is 0 Å². The Hall–Kier alpha value is -2.49. The maximum atomic E-state index is 11.1. The second-order valence-electron chi connectivity index (χ2n) is 9.17. The Morgan fingerprint density at radius 2 is 2.18 bits per heavy atom. The molecular formula is C25H22ClN3O4S. The van der Waals surface area contributed by atoms with E-state index in [2.05, 4.69) is 15.5 Å². The summed E-state index contributed by atoms with van der Waals surface area (Å²) in [6.07, 6.45) is 3.68. The smallest absolute Gasteiger partial charge is 0.182 e. The van der Waals surface area contributed by atoms with Gasteiger partial charge in [-0.3, -0.25) is 4.98 Å². The number of ether oxygens (including phenoxy) is 2. The Kier molecular flexibility index (Phi) is 4.76. The van der Waals surface area contributed by atoms with Crippen LogP contribution in [0.5, 0.6) is 5.75 Å². The normalized spacial score (nSPS) is 23.8. The van der Waals surface area contributed by atoms with Gasteiger partial charge in [0.05, 0.1) is 22.5 Å². The lowest BCUT2D eigenvalue weighted by Crippen LogP contribution is -2.24. The van der Waals surface area contributed by atoms with Gasteiger partial charge in [-0.2, -0.15) is 0 Å². The molecule has 0 radical (unpaired) electrons. The van der Waals surface area contributed by atoms with E-state index in [1.807, 2.05) is 24.3 Å². The lowest BCUT2D eigenvalue weighted by molar-refractivity contribution is 0.0264. The summed E-state index contributed by atoms with van der Waals surface area (Å²) < 4.78 is 18.7. The molecule has 1 aromatic carbocycles. The number of halogens is 1. The molecule has 7 nitrogen and oxygen atoms in total.